The average Bonchev–Trinajstić information content (AvgIpc) is 2.94. The maximum absolute atomic E-state index is 12.5. The number of thiophene rings is 1. The summed E-state index contributed by atoms with van der Waals surface area (Å²) in [6, 6.07) is 9.80. The van der Waals surface area contributed by atoms with Crippen LogP contribution < -0.4 is 4.78 Å². The average molecular weight is 306 g/mol. The molecule has 1 aliphatic heterocycles. The van der Waals surface area contributed by atoms with Crippen molar-refractivity contribution in [2.75, 3.05) is 0 Å². The molecule has 0 atom stereocenters. The zero-order valence-electron chi connectivity index (χ0n) is 10.6. The summed E-state index contributed by atoms with van der Waals surface area (Å²) in [5.74, 6) is 0. The van der Waals surface area contributed by atoms with Crippen LogP contribution in [-0.2, 0) is 10.0 Å². The Morgan fingerprint density at radius 2 is 1.95 bits per heavy atom. The SMILES string of the molecule is CC1=NN(S(=O)(=O)c2ccccc2)B(O)c2sccc21. The lowest BCUT2D eigenvalue weighted by Crippen LogP contribution is -2.52. The Bertz CT molecular complexity index is 771. The first-order chi connectivity index (χ1) is 9.51. The highest BCUT2D eigenvalue weighted by Crippen LogP contribution is 2.22. The van der Waals surface area contributed by atoms with Crippen molar-refractivity contribution in [3.8, 4) is 0 Å². The van der Waals surface area contributed by atoms with Crippen molar-refractivity contribution < 1.29 is 13.4 Å². The zero-order chi connectivity index (χ0) is 14.3. The largest absolute Gasteiger partial charge is 0.494 e. The Kier molecular flexibility index (Phi) is 3.16. The van der Waals surface area contributed by atoms with Crippen molar-refractivity contribution in [2.45, 2.75) is 11.8 Å². The normalized spacial score (nSPS) is 15.0. The summed E-state index contributed by atoms with van der Waals surface area (Å²) < 4.78 is 26.4. The van der Waals surface area contributed by atoms with Gasteiger partial charge in [-0.25, -0.2) is 8.42 Å². The summed E-state index contributed by atoms with van der Waals surface area (Å²) in [6.45, 7) is 1.73. The summed E-state index contributed by atoms with van der Waals surface area (Å²) >= 11 is 1.32. The number of rotatable bonds is 2. The van der Waals surface area contributed by atoms with Crippen LogP contribution in [0.15, 0.2) is 51.8 Å². The lowest BCUT2D eigenvalue weighted by atomic mass is 9.78. The van der Waals surface area contributed by atoms with E-state index in [0.717, 1.165) is 9.89 Å². The quantitative estimate of drug-likeness (QED) is 0.837. The van der Waals surface area contributed by atoms with Crippen molar-refractivity contribution in [3.63, 3.8) is 0 Å². The molecule has 1 aromatic heterocycles. The minimum Gasteiger partial charge on any atom is -0.426 e. The minimum absolute atomic E-state index is 0.107. The number of fused-ring (bicyclic) bond motifs is 1. The van der Waals surface area contributed by atoms with Crippen LogP contribution in [0.4, 0.5) is 0 Å². The number of hydrogen-bond donors (Lipinski definition) is 1. The third-order valence-electron chi connectivity index (χ3n) is 3.06. The second kappa shape index (κ2) is 4.73. The maximum atomic E-state index is 12.5. The zero-order valence-corrected chi connectivity index (χ0v) is 12.2. The van der Waals surface area contributed by atoms with E-state index in [9.17, 15) is 13.4 Å². The first-order valence-corrected chi connectivity index (χ1v) is 8.24. The first kappa shape index (κ1) is 13.4. The first-order valence-electron chi connectivity index (χ1n) is 5.92. The van der Waals surface area contributed by atoms with E-state index in [1.807, 2.05) is 11.4 Å². The molecule has 20 heavy (non-hydrogen) atoms. The summed E-state index contributed by atoms with van der Waals surface area (Å²) in [4.78, 5) is 0.107. The molecule has 0 saturated heterocycles. The fourth-order valence-corrected chi connectivity index (χ4v) is 4.36. The van der Waals surface area contributed by atoms with Crippen LogP contribution in [-0.4, -0.2) is 30.5 Å². The van der Waals surface area contributed by atoms with Gasteiger partial charge in [0.2, 0.25) is 0 Å². The Labute approximate surface area is 121 Å². The van der Waals surface area contributed by atoms with Crippen molar-refractivity contribution >= 4 is 38.9 Å². The second-order valence-electron chi connectivity index (χ2n) is 4.35. The van der Waals surface area contributed by atoms with Gasteiger partial charge in [-0.15, -0.1) is 0 Å². The smallest absolute Gasteiger partial charge is 0.426 e. The van der Waals surface area contributed by atoms with Crippen LogP contribution in [0, 0.1) is 0 Å². The van der Waals surface area contributed by atoms with Crippen LogP contribution in [0.5, 0.6) is 0 Å². The summed E-state index contributed by atoms with van der Waals surface area (Å²) in [7, 11) is -5.14. The minimum atomic E-state index is -3.86. The molecule has 0 unspecified atom stereocenters. The fourth-order valence-electron chi connectivity index (χ4n) is 2.06. The van der Waals surface area contributed by atoms with Crippen molar-refractivity contribution in [1.82, 2.24) is 4.33 Å². The van der Waals surface area contributed by atoms with E-state index in [-0.39, 0.29) is 4.90 Å². The highest BCUT2D eigenvalue weighted by Gasteiger charge is 2.40. The van der Waals surface area contributed by atoms with Crippen molar-refractivity contribution in [2.24, 2.45) is 5.10 Å². The Balaban J connectivity index is 2.10. The molecule has 1 N–H and O–H groups in total. The highest BCUT2D eigenvalue weighted by atomic mass is 32.2. The predicted octanol–water partition coefficient (Wildman–Crippen LogP) is 0.864. The van der Waals surface area contributed by atoms with Gasteiger partial charge in [-0.3, -0.25) is 0 Å². The van der Waals surface area contributed by atoms with Crippen LogP contribution >= 0.6 is 11.3 Å². The molecule has 0 radical (unpaired) electrons. The van der Waals surface area contributed by atoms with E-state index in [1.165, 1.54) is 23.5 Å². The molecule has 0 aliphatic carbocycles. The molecule has 3 rings (SSSR count). The van der Waals surface area contributed by atoms with Gasteiger partial charge in [-0.2, -0.15) is 20.8 Å². The molecule has 5 nitrogen and oxygen atoms in total. The van der Waals surface area contributed by atoms with Gasteiger partial charge in [0, 0.05) is 10.3 Å². The van der Waals surface area contributed by atoms with Crippen molar-refractivity contribution in [3.05, 3.63) is 47.3 Å². The van der Waals surface area contributed by atoms with E-state index in [0.29, 0.717) is 10.5 Å². The van der Waals surface area contributed by atoms with Crippen LogP contribution in [0.2, 0.25) is 0 Å². The molecule has 0 spiro atoms. The number of nitrogens with zero attached hydrogens (tertiary/aromatic N) is 2. The molecule has 2 heterocycles. The van der Waals surface area contributed by atoms with Gasteiger partial charge in [0.25, 0.3) is 10.0 Å². The van der Waals surface area contributed by atoms with Gasteiger partial charge in [0.05, 0.1) is 10.6 Å². The van der Waals surface area contributed by atoms with E-state index < -0.39 is 17.1 Å². The lowest BCUT2D eigenvalue weighted by Gasteiger charge is -2.26. The standard InChI is InChI=1S/C12H11BN2O3S2/c1-9-11-7-8-19-12(11)13(16)15(14-9)20(17,18)10-5-3-2-4-6-10/h2-8,16H,1H3. The predicted molar refractivity (Wildman–Crippen MR) is 79.6 cm³/mol. The van der Waals surface area contributed by atoms with Gasteiger partial charge in [0.15, 0.2) is 0 Å². The second-order valence-corrected chi connectivity index (χ2v) is 7.09. The fraction of sp³-hybridized carbons (Fsp3) is 0.0833. The third kappa shape index (κ3) is 1.96. The number of benzene rings is 1. The molecule has 1 aliphatic rings. The molecule has 1 aromatic carbocycles. The van der Waals surface area contributed by atoms with Gasteiger partial charge in [0.1, 0.15) is 0 Å². The Morgan fingerprint density at radius 1 is 1.25 bits per heavy atom. The summed E-state index contributed by atoms with van der Waals surface area (Å²) in [5.41, 5.74) is 1.37. The molecule has 0 saturated carbocycles. The monoisotopic (exact) mass is 306 g/mol. The van der Waals surface area contributed by atoms with Gasteiger partial charge in [-0.05, 0) is 30.5 Å². The van der Waals surface area contributed by atoms with E-state index >= 15 is 0 Å². The molecule has 0 fully saturated rings. The Morgan fingerprint density at radius 3 is 2.65 bits per heavy atom. The van der Waals surface area contributed by atoms with E-state index in [4.69, 9.17) is 0 Å². The van der Waals surface area contributed by atoms with Crippen LogP contribution in [0.1, 0.15) is 12.5 Å². The molecule has 0 amide bonds. The molecular weight excluding hydrogens is 295 g/mol. The molecule has 0 bridgehead atoms. The Hall–Kier alpha value is -1.64. The summed E-state index contributed by atoms with van der Waals surface area (Å²) in [6.07, 6.45) is 0. The van der Waals surface area contributed by atoms with Crippen LogP contribution in [0.25, 0.3) is 0 Å². The van der Waals surface area contributed by atoms with Gasteiger partial charge >= 0.3 is 7.05 Å². The van der Waals surface area contributed by atoms with Gasteiger partial charge < -0.3 is 5.02 Å². The topological polar surface area (TPSA) is 70.0 Å². The highest BCUT2D eigenvalue weighted by molar-refractivity contribution is 7.90. The van der Waals surface area contributed by atoms with E-state index in [2.05, 4.69) is 5.10 Å². The third-order valence-corrected chi connectivity index (χ3v) is 5.66. The van der Waals surface area contributed by atoms with Gasteiger partial charge in [-0.1, -0.05) is 18.2 Å². The molecule has 8 heteroatoms. The molecule has 102 valence electrons. The molecule has 2 aromatic rings. The summed E-state index contributed by atoms with van der Waals surface area (Å²) in [5, 5.41) is 16.1. The van der Waals surface area contributed by atoms with E-state index in [1.54, 1.807) is 25.1 Å². The van der Waals surface area contributed by atoms with Crippen LogP contribution in [0.3, 0.4) is 0 Å². The maximum Gasteiger partial charge on any atom is 0.494 e. The van der Waals surface area contributed by atoms with Crippen molar-refractivity contribution in [1.29, 1.82) is 0 Å². The number of sulfonamides is 1. The molecular formula is C12H11BN2O3S2. The number of hydrazone groups is 1. The number of hydrogen-bond acceptors (Lipinski definition) is 5. The lowest BCUT2D eigenvalue weighted by molar-refractivity contribution is 0.475.